The van der Waals surface area contributed by atoms with Crippen molar-refractivity contribution in [1.29, 1.82) is 0 Å². The minimum Gasteiger partial charge on any atom is -0.465 e. The van der Waals surface area contributed by atoms with Crippen molar-refractivity contribution < 1.29 is 14.5 Å². The molecule has 0 saturated heterocycles. The zero-order valence-electron chi connectivity index (χ0n) is 10.8. The fraction of sp³-hybridized carbons (Fsp3) is 0.167. The SMILES string of the molecule is COC(=O)c1c(NCc2cnc(Cl)s2)cccc1[N+](=O)[O-]. The van der Waals surface area contributed by atoms with E-state index in [1.54, 1.807) is 12.3 Å². The van der Waals surface area contributed by atoms with E-state index in [4.69, 9.17) is 11.6 Å². The number of nitro groups is 1. The van der Waals surface area contributed by atoms with Gasteiger partial charge in [-0.05, 0) is 6.07 Å². The van der Waals surface area contributed by atoms with Gasteiger partial charge >= 0.3 is 5.97 Å². The Kier molecular flexibility index (Phi) is 4.71. The van der Waals surface area contributed by atoms with E-state index in [0.29, 0.717) is 16.7 Å². The molecule has 2 rings (SSSR count). The Hall–Kier alpha value is -2.19. The first-order chi connectivity index (χ1) is 10.0. The van der Waals surface area contributed by atoms with Crippen LogP contribution >= 0.6 is 22.9 Å². The van der Waals surface area contributed by atoms with Gasteiger partial charge in [-0.15, -0.1) is 11.3 Å². The number of thiazole rings is 1. The molecule has 21 heavy (non-hydrogen) atoms. The fourth-order valence-electron chi connectivity index (χ4n) is 1.70. The van der Waals surface area contributed by atoms with Crippen molar-refractivity contribution in [2.24, 2.45) is 0 Å². The van der Waals surface area contributed by atoms with E-state index in [1.165, 1.54) is 30.6 Å². The van der Waals surface area contributed by atoms with E-state index in [1.807, 2.05) is 0 Å². The number of nitrogens with zero attached hydrogens (tertiary/aromatic N) is 2. The Morgan fingerprint density at radius 3 is 2.90 bits per heavy atom. The number of aromatic nitrogens is 1. The highest BCUT2D eigenvalue weighted by atomic mass is 35.5. The normalized spacial score (nSPS) is 10.2. The quantitative estimate of drug-likeness (QED) is 0.515. The van der Waals surface area contributed by atoms with Gasteiger partial charge in [0.1, 0.15) is 0 Å². The number of esters is 1. The van der Waals surface area contributed by atoms with Gasteiger partial charge in [-0.25, -0.2) is 9.78 Å². The van der Waals surface area contributed by atoms with Gasteiger partial charge < -0.3 is 10.1 Å². The summed E-state index contributed by atoms with van der Waals surface area (Å²) in [6, 6.07) is 4.31. The average Bonchev–Trinajstić information content (AvgIpc) is 2.89. The lowest BCUT2D eigenvalue weighted by Gasteiger charge is -2.10. The highest BCUT2D eigenvalue weighted by Gasteiger charge is 2.24. The third kappa shape index (κ3) is 3.47. The topological polar surface area (TPSA) is 94.4 Å². The minimum absolute atomic E-state index is 0.111. The van der Waals surface area contributed by atoms with Crippen molar-refractivity contribution in [1.82, 2.24) is 4.98 Å². The van der Waals surface area contributed by atoms with Crippen molar-refractivity contribution in [3.63, 3.8) is 0 Å². The molecule has 0 aliphatic carbocycles. The fourth-order valence-corrected chi connectivity index (χ4v) is 2.62. The van der Waals surface area contributed by atoms with Crippen molar-refractivity contribution in [2.75, 3.05) is 12.4 Å². The van der Waals surface area contributed by atoms with Crippen LogP contribution in [0.2, 0.25) is 4.47 Å². The van der Waals surface area contributed by atoms with E-state index in [0.717, 1.165) is 4.88 Å². The van der Waals surface area contributed by atoms with E-state index in [-0.39, 0.29) is 11.3 Å². The van der Waals surface area contributed by atoms with Gasteiger partial charge in [-0.2, -0.15) is 0 Å². The van der Waals surface area contributed by atoms with Gasteiger partial charge in [0.2, 0.25) is 0 Å². The van der Waals surface area contributed by atoms with Crippen molar-refractivity contribution in [3.8, 4) is 0 Å². The van der Waals surface area contributed by atoms with Crippen LogP contribution in [0.5, 0.6) is 0 Å². The second-order valence-electron chi connectivity index (χ2n) is 3.88. The molecule has 0 aliphatic rings. The highest BCUT2D eigenvalue weighted by molar-refractivity contribution is 7.15. The molecule has 0 fully saturated rings. The molecular formula is C12H10ClN3O4S. The van der Waals surface area contributed by atoms with Crippen LogP contribution in [0.25, 0.3) is 0 Å². The van der Waals surface area contributed by atoms with E-state index >= 15 is 0 Å². The zero-order chi connectivity index (χ0) is 15.4. The van der Waals surface area contributed by atoms with Crippen LogP contribution in [-0.2, 0) is 11.3 Å². The number of nitrogens with one attached hydrogen (secondary N) is 1. The van der Waals surface area contributed by atoms with Gasteiger partial charge in [-0.3, -0.25) is 10.1 Å². The predicted molar refractivity (Wildman–Crippen MR) is 78.9 cm³/mol. The molecule has 1 N–H and O–H groups in total. The lowest BCUT2D eigenvalue weighted by molar-refractivity contribution is -0.385. The molecule has 0 spiro atoms. The number of anilines is 1. The summed E-state index contributed by atoms with van der Waals surface area (Å²) in [5, 5.41) is 14.0. The number of nitro benzene ring substituents is 1. The summed E-state index contributed by atoms with van der Waals surface area (Å²) in [6.45, 7) is 0.343. The second-order valence-corrected chi connectivity index (χ2v) is 5.58. The molecule has 1 aromatic heterocycles. The maximum absolute atomic E-state index is 11.8. The van der Waals surface area contributed by atoms with Gasteiger partial charge in [0, 0.05) is 17.1 Å². The molecule has 1 heterocycles. The van der Waals surface area contributed by atoms with E-state index in [2.05, 4.69) is 15.0 Å². The van der Waals surface area contributed by atoms with Crippen molar-refractivity contribution in [2.45, 2.75) is 6.54 Å². The molecule has 0 bridgehead atoms. The molecule has 7 nitrogen and oxygen atoms in total. The Bertz CT molecular complexity index is 689. The summed E-state index contributed by atoms with van der Waals surface area (Å²) < 4.78 is 5.01. The molecule has 0 saturated carbocycles. The number of hydrogen-bond acceptors (Lipinski definition) is 7. The van der Waals surface area contributed by atoms with Crippen LogP contribution < -0.4 is 5.32 Å². The molecule has 0 unspecified atom stereocenters. The number of carbonyl (C=O) groups excluding carboxylic acids is 1. The Morgan fingerprint density at radius 2 is 2.33 bits per heavy atom. The first-order valence-electron chi connectivity index (χ1n) is 5.72. The van der Waals surface area contributed by atoms with Crippen LogP contribution in [0.1, 0.15) is 15.2 Å². The Balaban J connectivity index is 2.31. The maximum Gasteiger partial charge on any atom is 0.347 e. The smallest absolute Gasteiger partial charge is 0.347 e. The number of methoxy groups -OCH3 is 1. The van der Waals surface area contributed by atoms with Crippen molar-refractivity contribution in [3.05, 3.63) is 49.4 Å². The maximum atomic E-state index is 11.8. The second kappa shape index (κ2) is 6.51. The van der Waals surface area contributed by atoms with Crippen molar-refractivity contribution >= 4 is 40.3 Å². The molecule has 2 aromatic rings. The third-order valence-corrected chi connectivity index (χ3v) is 3.72. The van der Waals surface area contributed by atoms with Crippen LogP contribution in [0.3, 0.4) is 0 Å². The summed E-state index contributed by atoms with van der Waals surface area (Å²) >= 11 is 7.01. The Morgan fingerprint density at radius 1 is 1.57 bits per heavy atom. The van der Waals surface area contributed by atoms with Gasteiger partial charge in [0.15, 0.2) is 10.0 Å². The van der Waals surface area contributed by atoms with Gasteiger partial charge in [-0.1, -0.05) is 17.7 Å². The van der Waals surface area contributed by atoms with E-state index in [9.17, 15) is 14.9 Å². The van der Waals surface area contributed by atoms with E-state index < -0.39 is 10.9 Å². The number of carbonyl (C=O) groups is 1. The van der Waals surface area contributed by atoms with Crippen LogP contribution in [-0.4, -0.2) is 23.0 Å². The lowest BCUT2D eigenvalue weighted by Crippen LogP contribution is -2.10. The average molecular weight is 328 g/mol. The number of ether oxygens (including phenoxy) is 1. The molecular weight excluding hydrogens is 318 g/mol. The molecule has 9 heteroatoms. The summed E-state index contributed by atoms with van der Waals surface area (Å²) in [6.07, 6.45) is 1.59. The van der Waals surface area contributed by atoms with Crippen LogP contribution in [0.4, 0.5) is 11.4 Å². The molecule has 0 atom stereocenters. The summed E-state index contributed by atoms with van der Waals surface area (Å²) in [7, 11) is 1.17. The third-order valence-electron chi connectivity index (χ3n) is 2.61. The monoisotopic (exact) mass is 327 g/mol. The predicted octanol–water partition coefficient (Wildman–Crippen LogP) is 3.10. The molecule has 0 aliphatic heterocycles. The van der Waals surface area contributed by atoms with Gasteiger partial charge in [0.25, 0.3) is 5.69 Å². The minimum atomic E-state index is -0.771. The first kappa shape index (κ1) is 15.2. The standard InChI is InChI=1S/C12H10ClN3O4S/c1-20-11(17)10-8(3-2-4-9(10)16(18)19)14-5-7-6-15-12(13)21-7/h2-4,6,14H,5H2,1H3. The van der Waals surface area contributed by atoms with Gasteiger partial charge in [0.05, 0.1) is 24.3 Å². The number of halogens is 1. The molecule has 110 valence electrons. The molecule has 0 amide bonds. The lowest BCUT2D eigenvalue weighted by atomic mass is 10.1. The number of benzene rings is 1. The largest absolute Gasteiger partial charge is 0.465 e. The Labute approximate surface area is 128 Å². The highest BCUT2D eigenvalue weighted by Crippen LogP contribution is 2.28. The number of rotatable bonds is 5. The van der Waals surface area contributed by atoms with Crippen LogP contribution in [0.15, 0.2) is 24.4 Å². The number of hydrogen-bond donors (Lipinski definition) is 1. The first-order valence-corrected chi connectivity index (χ1v) is 6.92. The zero-order valence-corrected chi connectivity index (χ0v) is 12.4. The summed E-state index contributed by atoms with van der Waals surface area (Å²) in [5.74, 6) is -0.771. The summed E-state index contributed by atoms with van der Waals surface area (Å²) in [4.78, 5) is 26.9. The van der Waals surface area contributed by atoms with Crippen LogP contribution in [0, 0.1) is 10.1 Å². The molecule has 0 radical (unpaired) electrons. The summed E-state index contributed by atoms with van der Waals surface area (Å²) in [5.41, 5.74) is -0.102. The molecule has 1 aromatic carbocycles.